The van der Waals surface area contributed by atoms with Gasteiger partial charge >= 0.3 is 11.9 Å². The summed E-state index contributed by atoms with van der Waals surface area (Å²) in [5.41, 5.74) is 1.05. The van der Waals surface area contributed by atoms with Gasteiger partial charge < -0.3 is 18.9 Å². The minimum Gasteiger partial charge on any atom is -0.490 e. The van der Waals surface area contributed by atoms with Crippen LogP contribution in [0, 0.1) is 11.6 Å². The molecule has 8 heteroatoms. The molecule has 0 unspecified atom stereocenters. The number of esters is 2. The van der Waals surface area contributed by atoms with Crippen molar-refractivity contribution < 1.29 is 37.3 Å². The van der Waals surface area contributed by atoms with Crippen molar-refractivity contribution in [3.05, 3.63) is 83.4 Å². The van der Waals surface area contributed by atoms with Crippen molar-refractivity contribution in [2.24, 2.45) is 0 Å². The number of halogens is 2. The van der Waals surface area contributed by atoms with Crippen LogP contribution < -0.4 is 9.47 Å². The highest BCUT2D eigenvalue weighted by Crippen LogP contribution is 2.30. The number of rotatable bonds is 20. The van der Waals surface area contributed by atoms with Gasteiger partial charge in [-0.05, 0) is 93.1 Å². The van der Waals surface area contributed by atoms with Crippen molar-refractivity contribution in [1.82, 2.24) is 0 Å². The summed E-state index contributed by atoms with van der Waals surface area (Å²) in [6.07, 6.45) is 9.89. The smallest absolute Gasteiger partial charge is 0.343 e. The molecule has 6 nitrogen and oxygen atoms in total. The van der Waals surface area contributed by atoms with Gasteiger partial charge in [-0.2, -0.15) is 4.39 Å². The fourth-order valence-electron chi connectivity index (χ4n) is 4.69. The first-order valence-corrected chi connectivity index (χ1v) is 16.2. The summed E-state index contributed by atoms with van der Waals surface area (Å²) in [5.74, 6) is -3.01. The highest BCUT2D eigenvalue weighted by molar-refractivity contribution is 5.92. The zero-order valence-electron chi connectivity index (χ0n) is 26.7. The fourth-order valence-corrected chi connectivity index (χ4v) is 4.69. The molecule has 0 amide bonds. The number of hydrogen-bond donors (Lipinski definition) is 0. The number of benzene rings is 3. The normalized spacial score (nSPS) is 11.7. The monoisotopic (exact) mass is 624 g/mol. The van der Waals surface area contributed by atoms with Crippen LogP contribution in [0.3, 0.4) is 0 Å². The lowest BCUT2D eigenvalue weighted by Crippen LogP contribution is -2.15. The second-order valence-corrected chi connectivity index (χ2v) is 11.2. The Morgan fingerprint density at radius 3 is 1.96 bits per heavy atom. The van der Waals surface area contributed by atoms with Gasteiger partial charge in [-0.15, -0.1) is 0 Å². The Balaban J connectivity index is 1.48. The van der Waals surface area contributed by atoms with E-state index in [0.29, 0.717) is 24.2 Å². The van der Waals surface area contributed by atoms with Crippen molar-refractivity contribution in [1.29, 1.82) is 0 Å². The maximum Gasteiger partial charge on any atom is 0.343 e. The predicted molar refractivity (Wildman–Crippen MR) is 172 cm³/mol. The Morgan fingerprint density at radius 2 is 1.27 bits per heavy atom. The average molecular weight is 625 g/mol. The maximum atomic E-state index is 14.9. The predicted octanol–water partition coefficient (Wildman–Crippen LogP) is 9.73. The van der Waals surface area contributed by atoms with Crippen molar-refractivity contribution >= 4 is 11.9 Å². The minimum atomic E-state index is -1.06. The van der Waals surface area contributed by atoms with Crippen LogP contribution >= 0.6 is 0 Å². The summed E-state index contributed by atoms with van der Waals surface area (Å²) in [6.45, 7) is 7.80. The minimum absolute atomic E-state index is 0.0537. The second kappa shape index (κ2) is 19.6. The van der Waals surface area contributed by atoms with E-state index in [2.05, 4.69) is 13.8 Å². The average Bonchev–Trinajstić information content (AvgIpc) is 3.04. The molecule has 0 saturated heterocycles. The topological polar surface area (TPSA) is 71.1 Å². The number of carbonyl (C=O) groups is 2. The van der Waals surface area contributed by atoms with E-state index in [4.69, 9.17) is 18.9 Å². The van der Waals surface area contributed by atoms with Crippen molar-refractivity contribution in [2.75, 3.05) is 19.8 Å². The summed E-state index contributed by atoms with van der Waals surface area (Å²) in [5, 5.41) is 0. The fraction of sp³-hybridized carbons (Fsp3) is 0.459. The summed E-state index contributed by atoms with van der Waals surface area (Å²) in [7, 11) is 0. The molecule has 0 saturated carbocycles. The van der Waals surface area contributed by atoms with Gasteiger partial charge in [-0.25, -0.2) is 14.0 Å². The Hall–Kier alpha value is -3.78. The third kappa shape index (κ3) is 11.9. The molecule has 0 aliphatic heterocycles. The summed E-state index contributed by atoms with van der Waals surface area (Å²) in [6, 6.07) is 15.0. The largest absolute Gasteiger partial charge is 0.490 e. The molecule has 1 atom stereocenters. The van der Waals surface area contributed by atoms with E-state index >= 15 is 0 Å². The molecule has 0 aromatic heterocycles. The Labute approximate surface area is 266 Å². The molecule has 3 aromatic rings. The molecular formula is C37H46F2O6. The molecule has 45 heavy (non-hydrogen) atoms. The zero-order chi connectivity index (χ0) is 32.4. The van der Waals surface area contributed by atoms with Crippen LogP contribution in [0.4, 0.5) is 8.78 Å². The van der Waals surface area contributed by atoms with Crippen LogP contribution in [-0.4, -0.2) is 37.9 Å². The third-order valence-corrected chi connectivity index (χ3v) is 7.38. The van der Waals surface area contributed by atoms with E-state index in [9.17, 15) is 18.4 Å². The Morgan fingerprint density at radius 1 is 0.667 bits per heavy atom. The van der Waals surface area contributed by atoms with Crippen LogP contribution in [0.2, 0.25) is 0 Å². The van der Waals surface area contributed by atoms with Gasteiger partial charge in [-0.1, -0.05) is 58.1 Å². The number of ether oxygens (including phenoxy) is 4. The van der Waals surface area contributed by atoms with Gasteiger partial charge in [0.2, 0.25) is 5.82 Å². The van der Waals surface area contributed by atoms with Gasteiger partial charge in [0.15, 0.2) is 11.6 Å². The Kier molecular flexibility index (Phi) is 15.5. The first kappa shape index (κ1) is 35.7. The molecule has 0 spiro atoms. The standard InChI is InChI=1S/C37H46F2O6/c1-4-6-8-9-13-27(3)44-36(40)30-18-20-31(21-19-30)45-37(41)29-16-14-28(15-17-29)32-22-23-33(35(39)34(32)38)43-26-12-11-25-42-24-10-7-5-2/h14-23,27H,4-13,24-26H2,1-3H3/t27-/m0/s1. The molecule has 0 aliphatic rings. The molecular weight excluding hydrogens is 578 g/mol. The SMILES string of the molecule is CCCCCC[C@H](C)OC(=O)c1ccc(OC(=O)c2ccc(-c3ccc(OCCCCOCCCCC)c(F)c3F)cc2)cc1. The molecule has 0 N–H and O–H groups in total. The van der Waals surface area contributed by atoms with Crippen molar-refractivity contribution in [2.45, 2.75) is 91.1 Å². The summed E-state index contributed by atoms with van der Waals surface area (Å²) >= 11 is 0. The summed E-state index contributed by atoms with van der Waals surface area (Å²) in [4.78, 5) is 25.1. The molecule has 3 aromatic carbocycles. The highest BCUT2D eigenvalue weighted by Gasteiger charge is 2.17. The van der Waals surface area contributed by atoms with Crippen LogP contribution in [0.5, 0.6) is 11.5 Å². The van der Waals surface area contributed by atoms with Gasteiger partial charge in [-0.3, -0.25) is 0 Å². The van der Waals surface area contributed by atoms with E-state index in [1.165, 1.54) is 55.0 Å². The molecule has 0 aliphatic carbocycles. The van der Waals surface area contributed by atoms with Gasteiger partial charge in [0.25, 0.3) is 0 Å². The second-order valence-electron chi connectivity index (χ2n) is 11.2. The lowest BCUT2D eigenvalue weighted by molar-refractivity contribution is 0.0319. The van der Waals surface area contributed by atoms with Gasteiger partial charge in [0.05, 0.1) is 23.8 Å². The maximum absolute atomic E-state index is 14.9. The third-order valence-electron chi connectivity index (χ3n) is 7.38. The molecule has 3 rings (SSSR count). The lowest BCUT2D eigenvalue weighted by Gasteiger charge is -2.13. The quantitative estimate of drug-likeness (QED) is 0.0708. The van der Waals surface area contributed by atoms with Crippen LogP contribution in [-0.2, 0) is 9.47 Å². The van der Waals surface area contributed by atoms with E-state index in [0.717, 1.165) is 58.0 Å². The zero-order valence-corrected chi connectivity index (χ0v) is 26.7. The van der Waals surface area contributed by atoms with Crippen LogP contribution in [0.1, 0.15) is 106 Å². The number of unbranched alkanes of at least 4 members (excludes halogenated alkanes) is 6. The molecule has 0 bridgehead atoms. The van der Waals surface area contributed by atoms with Crippen molar-refractivity contribution in [3.8, 4) is 22.6 Å². The van der Waals surface area contributed by atoms with Gasteiger partial charge in [0, 0.05) is 18.8 Å². The molecule has 244 valence electrons. The van der Waals surface area contributed by atoms with E-state index < -0.39 is 23.6 Å². The van der Waals surface area contributed by atoms with E-state index in [1.54, 1.807) is 12.1 Å². The van der Waals surface area contributed by atoms with Gasteiger partial charge in [0.1, 0.15) is 5.75 Å². The first-order valence-electron chi connectivity index (χ1n) is 16.2. The van der Waals surface area contributed by atoms with E-state index in [-0.39, 0.29) is 35.3 Å². The number of hydrogen-bond acceptors (Lipinski definition) is 6. The highest BCUT2D eigenvalue weighted by atomic mass is 19.2. The Bertz CT molecular complexity index is 1320. The number of carbonyl (C=O) groups excluding carboxylic acids is 2. The van der Waals surface area contributed by atoms with Crippen molar-refractivity contribution in [3.63, 3.8) is 0 Å². The first-order chi connectivity index (χ1) is 21.8. The molecule has 0 heterocycles. The summed E-state index contributed by atoms with van der Waals surface area (Å²) < 4.78 is 51.6. The van der Waals surface area contributed by atoms with E-state index in [1.807, 2.05) is 6.92 Å². The molecule has 0 fully saturated rings. The lowest BCUT2D eigenvalue weighted by atomic mass is 10.0. The van der Waals surface area contributed by atoms with Crippen LogP contribution in [0.15, 0.2) is 60.7 Å². The van der Waals surface area contributed by atoms with Crippen LogP contribution in [0.25, 0.3) is 11.1 Å². The molecule has 0 radical (unpaired) electrons.